The average Bonchev–Trinajstić information content (AvgIpc) is 2.89. The third-order valence-electron chi connectivity index (χ3n) is 3.36. The van der Waals surface area contributed by atoms with Gasteiger partial charge in [-0.15, -0.1) is 11.3 Å². The molecule has 0 bridgehead atoms. The molecule has 0 aliphatic heterocycles. The second-order valence-corrected chi connectivity index (χ2v) is 5.99. The molecular formula is C17H15NO2S. The van der Waals surface area contributed by atoms with Gasteiger partial charge in [0.25, 0.3) is 0 Å². The number of fused-ring (bicyclic) bond motifs is 1. The number of anilines is 1. The Kier molecular flexibility index (Phi) is 3.62. The summed E-state index contributed by atoms with van der Waals surface area (Å²) >= 11 is 1.42. The Labute approximate surface area is 127 Å². The minimum Gasteiger partial charge on any atom is -0.457 e. The normalized spacial score (nSPS) is 10.7. The summed E-state index contributed by atoms with van der Waals surface area (Å²) in [4.78, 5) is 12.7. The number of nitrogens with two attached hydrogens (primary N) is 1. The van der Waals surface area contributed by atoms with Crippen molar-refractivity contribution in [2.75, 3.05) is 5.73 Å². The fourth-order valence-corrected chi connectivity index (χ4v) is 3.09. The van der Waals surface area contributed by atoms with Crippen LogP contribution >= 0.6 is 11.3 Å². The smallest absolute Gasteiger partial charge is 0.348 e. The predicted octanol–water partition coefficient (Wildman–Crippen LogP) is 4.15. The lowest BCUT2D eigenvalue weighted by atomic mass is 10.1. The highest BCUT2D eigenvalue weighted by atomic mass is 32.1. The van der Waals surface area contributed by atoms with E-state index in [0.717, 1.165) is 21.2 Å². The SMILES string of the molecule is Cc1ccccc1COC(=O)c1cc2cc(N)ccc2s1. The van der Waals surface area contributed by atoms with Gasteiger partial charge < -0.3 is 10.5 Å². The maximum Gasteiger partial charge on any atom is 0.348 e. The highest BCUT2D eigenvalue weighted by Gasteiger charge is 2.12. The Bertz CT molecular complexity index is 807. The van der Waals surface area contributed by atoms with Crippen molar-refractivity contribution in [3.05, 3.63) is 64.5 Å². The van der Waals surface area contributed by atoms with Gasteiger partial charge in [-0.1, -0.05) is 24.3 Å². The number of rotatable bonds is 3. The van der Waals surface area contributed by atoms with Crippen molar-refractivity contribution < 1.29 is 9.53 Å². The summed E-state index contributed by atoms with van der Waals surface area (Å²) < 4.78 is 6.43. The van der Waals surface area contributed by atoms with Crippen LogP contribution in [0.4, 0.5) is 5.69 Å². The summed E-state index contributed by atoms with van der Waals surface area (Å²) in [6.07, 6.45) is 0. The number of ether oxygens (including phenoxy) is 1. The largest absolute Gasteiger partial charge is 0.457 e. The zero-order valence-electron chi connectivity index (χ0n) is 11.6. The van der Waals surface area contributed by atoms with Gasteiger partial charge in [0.2, 0.25) is 0 Å². The zero-order valence-corrected chi connectivity index (χ0v) is 12.4. The van der Waals surface area contributed by atoms with Gasteiger partial charge in [-0.05, 0) is 47.7 Å². The number of esters is 1. The minimum atomic E-state index is -0.293. The molecule has 0 unspecified atom stereocenters. The van der Waals surface area contributed by atoms with E-state index in [4.69, 9.17) is 10.5 Å². The molecule has 0 spiro atoms. The van der Waals surface area contributed by atoms with Crippen molar-refractivity contribution in [2.45, 2.75) is 13.5 Å². The average molecular weight is 297 g/mol. The first-order valence-corrected chi connectivity index (χ1v) is 7.46. The van der Waals surface area contributed by atoms with E-state index in [1.54, 1.807) is 0 Å². The number of hydrogen-bond acceptors (Lipinski definition) is 4. The van der Waals surface area contributed by atoms with E-state index >= 15 is 0 Å². The molecule has 21 heavy (non-hydrogen) atoms. The Balaban J connectivity index is 1.76. The Morgan fingerprint density at radius 3 is 2.81 bits per heavy atom. The molecule has 0 atom stereocenters. The first kappa shape index (κ1) is 13.6. The van der Waals surface area contributed by atoms with Crippen LogP contribution in [-0.2, 0) is 11.3 Å². The molecule has 1 heterocycles. The van der Waals surface area contributed by atoms with Crippen LogP contribution in [0.15, 0.2) is 48.5 Å². The number of carbonyl (C=O) groups is 1. The fourth-order valence-electron chi connectivity index (χ4n) is 2.15. The van der Waals surface area contributed by atoms with Crippen LogP contribution in [0, 0.1) is 6.92 Å². The van der Waals surface area contributed by atoms with E-state index in [2.05, 4.69) is 0 Å². The molecule has 3 rings (SSSR count). The topological polar surface area (TPSA) is 52.3 Å². The van der Waals surface area contributed by atoms with Gasteiger partial charge in [0, 0.05) is 10.4 Å². The molecule has 0 radical (unpaired) electrons. The molecular weight excluding hydrogens is 282 g/mol. The van der Waals surface area contributed by atoms with E-state index in [1.165, 1.54) is 11.3 Å². The molecule has 0 saturated heterocycles. The molecule has 3 aromatic rings. The van der Waals surface area contributed by atoms with Crippen LogP contribution in [0.2, 0.25) is 0 Å². The molecule has 2 aromatic carbocycles. The summed E-state index contributed by atoms with van der Waals surface area (Å²) in [5, 5.41) is 0.975. The van der Waals surface area contributed by atoms with Gasteiger partial charge in [0.05, 0.1) is 0 Å². The number of aryl methyl sites for hydroxylation is 1. The minimum absolute atomic E-state index is 0.293. The van der Waals surface area contributed by atoms with E-state index < -0.39 is 0 Å². The van der Waals surface area contributed by atoms with E-state index in [0.29, 0.717) is 17.2 Å². The van der Waals surface area contributed by atoms with Crippen LogP contribution in [0.1, 0.15) is 20.8 Å². The van der Waals surface area contributed by atoms with Crippen molar-refractivity contribution in [3.63, 3.8) is 0 Å². The summed E-state index contributed by atoms with van der Waals surface area (Å²) in [6.45, 7) is 2.30. The van der Waals surface area contributed by atoms with Gasteiger partial charge in [-0.2, -0.15) is 0 Å². The summed E-state index contributed by atoms with van der Waals surface area (Å²) in [5.74, 6) is -0.293. The van der Waals surface area contributed by atoms with E-state index in [9.17, 15) is 4.79 Å². The highest BCUT2D eigenvalue weighted by molar-refractivity contribution is 7.20. The molecule has 1 aromatic heterocycles. The van der Waals surface area contributed by atoms with Gasteiger partial charge in [-0.25, -0.2) is 4.79 Å². The van der Waals surface area contributed by atoms with E-state index in [1.807, 2.05) is 55.5 Å². The molecule has 0 fully saturated rings. The predicted molar refractivity (Wildman–Crippen MR) is 86.5 cm³/mol. The number of nitrogen functional groups attached to an aromatic ring is 1. The number of thiophene rings is 1. The van der Waals surface area contributed by atoms with Gasteiger partial charge >= 0.3 is 5.97 Å². The van der Waals surface area contributed by atoms with Gasteiger partial charge in [0.1, 0.15) is 11.5 Å². The standard InChI is InChI=1S/C17H15NO2S/c1-11-4-2-3-5-12(11)10-20-17(19)16-9-13-8-14(18)6-7-15(13)21-16/h2-9H,10,18H2,1H3. The molecule has 0 aliphatic carbocycles. The summed E-state index contributed by atoms with van der Waals surface area (Å²) in [7, 11) is 0. The molecule has 0 aliphatic rings. The molecule has 0 amide bonds. The number of hydrogen-bond donors (Lipinski definition) is 1. The third-order valence-corrected chi connectivity index (χ3v) is 4.46. The second-order valence-electron chi connectivity index (χ2n) is 4.91. The van der Waals surface area contributed by atoms with Crippen LogP contribution in [0.25, 0.3) is 10.1 Å². The quantitative estimate of drug-likeness (QED) is 0.583. The lowest BCUT2D eigenvalue weighted by Gasteiger charge is -2.06. The van der Waals surface area contributed by atoms with Crippen LogP contribution in [0.5, 0.6) is 0 Å². The maximum absolute atomic E-state index is 12.1. The molecule has 2 N–H and O–H groups in total. The number of benzene rings is 2. The molecule has 4 heteroatoms. The highest BCUT2D eigenvalue weighted by Crippen LogP contribution is 2.28. The van der Waals surface area contributed by atoms with Crippen molar-refractivity contribution in [1.29, 1.82) is 0 Å². The van der Waals surface area contributed by atoms with Gasteiger partial charge in [-0.3, -0.25) is 0 Å². The van der Waals surface area contributed by atoms with Crippen molar-refractivity contribution >= 4 is 33.1 Å². The van der Waals surface area contributed by atoms with E-state index in [-0.39, 0.29) is 5.97 Å². The summed E-state index contributed by atoms with van der Waals surface area (Å²) in [5.41, 5.74) is 8.59. The second kappa shape index (κ2) is 5.58. The van der Waals surface area contributed by atoms with Gasteiger partial charge in [0.15, 0.2) is 0 Å². The Hall–Kier alpha value is -2.33. The molecule has 3 nitrogen and oxygen atoms in total. The van der Waals surface area contributed by atoms with Crippen LogP contribution in [0.3, 0.4) is 0 Å². The summed E-state index contributed by atoms with van der Waals surface area (Å²) in [6, 6.07) is 15.3. The Morgan fingerprint density at radius 1 is 1.19 bits per heavy atom. The Morgan fingerprint density at radius 2 is 2.00 bits per heavy atom. The van der Waals surface area contributed by atoms with Crippen LogP contribution in [-0.4, -0.2) is 5.97 Å². The van der Waals surface area contributed by atoms with Crippen molar-refractivity contribution in [2.24, 2.45) is 0 Å². The molecule has 0 saturated carbocycles. The first-order valence-electron chi connectivity index (χ1n) is 6.64. The lowest BCUT2D eigenvalue weighted by molar-refractivity contribution is 0.0478. The van der Waals surface area contributed by atoms with Crippen molar-refractivity contribution in [1.82, 2.24) is 0 Å². The maximum atomic E-state index is 12.1. The lowest BCUT2D eigenvalue weighted by Crippen LogP contribution is -2.03. The molecule has 106 valence electrons. The first-order chi connectivity index (χ1) is 10.1. The zero-order chi connectivity index (χ0) is 14.8. The number of carbonyl (C=O) groups excluding carboxylic acids is 1. The fraction of sp³-hybridized carbons (Fsp3) is 0.118. The third kappa shape index (κ3) is 2.90. The monoisotopic (exact) mass is 297 g/mol. The van der Waals surface area contributed by atoms with Crippen molar-refractivity contribution in [3.8, 4) is 0 Å². The van der Waals surface area contributed by atoms with Crippen LogP contribution < -0.4 is 5.73 Å².